The fourth-order valence-electron chi connectivity index (χ4n) is 1.12. The molecule has 0 unspecified atom stereocenters. The molecule has 0 bridgehead atoms. The van der Waals surface area contributed by atoms with E-state index >= 15 is 0 Å². The first-order valence-electron chi connectivity index (χ1n) is 4.05. The summed E-state index contributed by atoms with van der Waals surface area (Å²) in [6, 6.07) is 6.19. The summed E-state index contributed by atoms with van der Waals surface area (Å²) in [6.45, 7) is 0. The van der Waals surface area contributed by atoms with Crippen molar-refractivity contribution in [3.8, 4) is 0 Å². The SMILES string of the molecule is Nc1ccccc1/C(=C\C(=O)O)C(=O)O. The lowest BCUT2D eigenvalue weighted by Crippen LogP contribution is -2.05. The number of rotatable bonds is 3. The van der Waals surface area contributed by atoms with Gasteiger partial charge in [0.15, 0.2) is 0 Å². The molecule has 0 spiro atoms. The summed E-state index contributed by atoms with van der Waals surface area (Å²) in [5, 5.41) is 17.3. The van der Waals surface area contributed by atoms with Crippen LogP contribution in [0.5, 0.6) is 0 Å². The smallest absolute Gasteiger partial charge is 0.336 e. The molecule has 1 aromatic carbocycles. The lowest BCUT2D eigenvalue weighted by Gasteiger charge is -2.04. The minimum atomic E-state index is -1.32. The molecule has 0 atom stereocenters. The molecule has 0 saturated heterocycles. The van der Waals surface area contributed by atoms with Crippen LogP contribution < -0.4 is 5.73 Å². The second-order valence-corrected chi connectivity index (χ2v) is 2.79. The minimum absolute atomic E-state index is 0.201. The number of hydrogen-bond donors (Lipinski definition) is 3. The lowest BCUT2D eigenvalue weighted by atomic mass is 10.0. The highest BCUT2D eigenvalue weighted by atomic mass is 16.4. The van der Waals surface area contributed by atoms with Crippen LogP contribution in [-0.4, -0.2) is 22.2 Å². The standard InChI is InChI=1S/C10H9NO4/c11-8-4-2-1-3-6(8)7(10(14)15)5-9(12)13/h1-5H,11H2,(H,12,13)(H,14,15)/b7-5+. The number of para-hydroxylation sites is 1. The highest BCUT2D eigenvalue weighted by molar-refractivity contribution is 6.20. The topological polar surface area (TPSA) is 101 Å². The third kappa shape index (κ3) is 2.57. The zero-order chi connectivity index (χ0) is 11.4. The van der Waals surface area contributed by atoms with E-state index in [1.165, 1.54) is 12.1 Å². The number of carboxylic acids is 2. The zero-order valence-electron chi connectivity index (χ0n) is 7.68. The van der Waals surface area contributed by atoms with Crippen molar-refractivity contribution in [1.29, 1.82) is 0 Å². The Kier molecular flexibility index (Phi) is 3.07. The van der Waals surface area contributed by atoms with Gasteiger partial charge in [-0.15, -0.1) is 0 Å². The summed E-state index contributed by atoms with van der Waals surface area (Å²) in [4.78, 5) is 21.2. The van der Waals surface area contributed by atoms with Crippen molar-refractivity contribution in [3.05, 3.63) is 35.9 Å². The first kappa shape index (κ1) is 10.8. The van der Waals surface area contributed by atoms with Crippen LogP contribution >= 0.6 is 0 Å². The second kappa shape index (κ2) is 4.28. The van der Waals surface area contributed by atoms with Gasteiger partial charge in [-0.3, -0.25) is 0 Å². The van der Waals surface area contributed by atoms with Crippen molar-refractivity contribution in [3.63, 3.8) is 0 Å². The highest BCUT2D eigenvalue weighted by Gasteiger charge is 2.14. The maximum atomic E-state index is 10.8. The van der Waals surface area contributed by atoms with Gasteiger partial charge in [-0.2, -0.15) is 0 Å². The molecule has 1 rings (SSSR count). The molecular formula is C10H9NO4. The highest BCUT2D eigenvalue weighted by Crippen LogP contribution is 2.21. The van der Waals surface area contributed by atoms with Crippen molar-refractivity contribution in [2.75, 3.05) is 5.73 Å². The predicted octanol–water partition coefficient (Wildman–Crippen LogP) is 0.821. The van der Waals surface area contributed by atoms with E-state index in [4.69, 9.17) is 15.9 Å². The van der Waals surface area contributed by atoms with E-state index in [1.54, 1.807) is 12.1 Å². The van der Waals surface area contributed by atoms with Crippen LogP contribution in [0.2, 0.25) is 0 Å². The molecule has 0 aromatic heterocycles. The van der Waals surface area contributed by atoms with Crippen LogP contribution in [0, 0.1) is 0 Å². The van der Waals surface area contributed by atoms with Gasteiger partial charge in [-0.1, -0.05) is 18.2 Å². The van der Waals surface area contributed by atoms with Crippen molar-refractivity contribution < 1.29 is 19.8 Å². The van der Waals surface area contributed by atoms with Crippen LogP contribution in [-0.2, 0) is 9.59 Å². The molecule has 0 saturated carbocycles. The van der Waals surface area contributed by atoms with Gasteiger partial charge in [0.25, 0.3) is 0 Å². The molecule has 0 heterocycles. The molecule has 0 amide bonds. The summed E-state index contributed by atoms with van der Waals surface area (Å²) in [5.74, 6) is -2.65. The van der Waals surface area contributed by atoms with Gasteiger partial charge in [0, 0.05) is 17.3 Å². The van der Waals surface area contributed by atoms with Gasteiger partial charge in [0.05, 0.1) is 5.57 Å². The van der Waals surface area contributed by atoms with Crippen molar-refractivity contribution in [2.24, 2.45) is 0 Å². The number of nitrogen functional groups attached to an aromatic ring is 1. The summed E-state index contributed by atoms with van der Waals surface area (Å²) < 4.78 is 0. The predicted molar refractivity (Wildman–Crippen MR) is 54.1 cm³/mol. The Morgan fingerprint density at radius 3 is 2.27 bits per heavy atom. The van der Waals surface area contributed by atoms with Gasteiger partial charge < -0.3 is 15.9 Å². The molecule has 78 valence electrons. The number of nitrogens with two attached hydrogens (primary N) is 1. The molecule has 5 nitrogen and oxygen atoms in total. The fraction of sp³-hybridized carbons (Fsp3) is 0. The molecule has 0 aliphatic heterocycles. The van der Waals surface area contributed by atoms with E-state index in [0.29, 0.717) is 6.08 Å². The van der Waals surface area contributed by atoms with Crippen LogP contribution in [0.1, 0.15) is 5.56 Å². The summed E-state index contributed by atoms with van der Waals surface area (Å²) >= 11 is 0. The van der Waals surface area contributed by atoms with Gasteiger partial charge in [-0.05, 0) is 6.07 Å². The molecule has 1 aromatic rings. The molecule has 0 aliphatic carbocycles. The van der Waals surface area contributed by atoms with E-state index in [1.807, 2.05) is 0 Å². The first-order chi connectivity index (χ1) is 7.02. The summed E-state index contributed by atoms with van der Waals surface area (Å²) in [6.07, 6.45) is 0.619. The number of carbonyl (C=O) groups is 2. The van der Waals surface area contributed by atoms with Gasteiger partial charge in [0.1, 0.15) is 0 Å². The average Bonchev–Trinajstić information content (AvgIpc) is 2.15. The first-order valence-corrected chi connectivity index (χ1v) is 4.05. The van der Waals surface area contributed by atoms with E-state index < -0.39 is 11.9 Å². The Hall–Kier alpha value is -2.30. The molecule has 0 fully saturated rings. The van der Waals surface area contributed by atoms with Gasteiger partial charge in [-0.25, -0.2) is 9.59 Å². The molecule has 4 N–H and O–H groups in total. The van der Waals surface area contributed by atoms with Crippen molar-refractivity contribution in [1.82, 2.24) is 0 Å². The van der Waals surface area contributed by atoms with Crippen molar-refractivity contribution >= 4 is 23.2 Å². The van der Waals surface area contributed by atoms with Crippen LogP contribution in [0.3, 0.4) is 0 Å². The van der Waals surface area contributed by atoms with Gasteiger partial charge >= 0.3 is 11.9 Å². The number of benzene rings is 1. The maximum Gasteiger partial charge on any atom is 0.336 e. The second-order valence-electron chi connectivity index (χ2n) is 2.79. The zero-order valence-corrected chi connectivity index (χ0v) is 7.68. The molecule has 15 heavy (non-hydrogen) atoms. The van der Waals surface area contributed by atoms with E-state index in [9.17, 15) is 9.59 Å². The molecule has 0 radical (unpaired) electrons. The molecule has 5 heteroatoms. The van der Waals surface area contributed by atoms with E-state index in [-0.39, 0.29) is 16.8 Å². The summed E-state index contributed by atoms with van der Waals surface area (Å²) in [5.41, 5.74) is 5.64. The Morgan fingerprint density at radius 1 is 1.20 bits per heavy atom. The van der Waals surface area contributed by atoms with Crippen molar-refractivity contribution in [2.45, 2.75) is 0 Å². The largest absolute Gasteiger partial charge is 0.478 e. The fourth-order valence-corrected chi connectivity index (χ4v) is 1.12. The lowest BCUT2D eigenvalue weighted by molar-refractivity contribution is -0.133. The third-order valence-corrected chi connectivity index (χ3v) is 1.75. The molecular weight excluding hydrogens is 198 g/mol. The van der Waals surface area contributed by atoms with E-state index in [2.05, 4.69) is 0 Å². The number of carboxylic acid groups (broad SMARTS) is 2. The Bertz CT molecular complexity index is 437. The maximum absolute atomic E-state index is 10.8. The van der Waals surface area contributed by atoms with Crippen LogP contribution in [0.15, 0.2) is 30.3 Å². The Balaban J connectivity index is 3.29. The number of hydrogen-bond acceptors (Lipinski definition) is 3. The Morgan fingerprint density at radius 2 is 1.80 bits per heavy atom. The number of anilines is 1. The average molecular weight is 207 g/mol. The quantitative estimate of drug-likeness (QED) is 0.503. The molecule has 0 aliphatic rings. The van der Waals surface area contributed by atoms with Gasteiger partial charge in [0.2, 0.25) is 0 Å². The van der Waals surface area contributed by atoms with Crippen LogP contribution in [0.4, 0.5) is 5.69 Å². The monoisotopic (exact) mass is 207 g/mol. The third-order valence-electron chi connectivity index (χ3n) is 1.75. The van der Waals surface area contributed by atoms with E-state index in [0.717, 1.165) is 0 Å². The summed E-state index contributed by atoms with van der Waals surface area (Å²) in [7, 11) is 0. The van der Waals surface area contributed by atoms with Crippen LogP contribution in [0.25, 0.3) is 5.57 Å². The normalized spacial score (nSPS) is 11.1. The number of aliphatic carboxylic acids is 2. The minimum Gasteiger partial charge on any atom is -0.478 e. The Labute approximate surface area is 85.5 Å².